The van der Waals surface area contributed by atoms with Crippen LogP contribution in [0, 0.1) is 17.7 Å². The summed E-state index contributed by atoms with van der Waals surface area (Å²) in [6, 6.07) is 13.8. The molecule has 4 heteroatoms. The van der Waals surface area contributed by atoms with Gasteiger partial charge < -0.3 is 9.47 Å². The highest BCUT2D eigenvalue weighted by molar-refractivity contribution is 6.19. The molecule has 0 atom stereocenters. The maximum Gasteiger partial charge on any atom is 0.165 e. The van der Waals surface area contributed by atoms with Gasteiger partial charge in [-0.3, -0.25) is 0 Å². The zero-order valence-corrected chi connectivity index (χ0v) is 12.1. The van der Waals surface area contributed by atoms with Crippen LogP contribution in [0.1, 0.15) is 5.56 Å². The monoisotopic (exact) mass is 304 g/mol. The number of rotatable bonds is 5. The highest BCUT2D eigenvalue weighted by Crippen LogP contribution is 2.18. The summed E-state index contributed by atoms with van der Waals surface area (Å²) in [5, 5.41) is 0. The Balaban J connectivity index is 1.87. The molecule has 2 aromatic rings. The van der Waals surface area contributed by atoms with Gasteiger partial charge in [-0.15, -0.1) is 11.6 Å². The minimum absolute atomic E-state index is 0.160. The molecule has 0 unspecified atom stereocenters. The van der Waals surface area contributed by atoms with Crippen LogP contribution in [0.4, 0.5) is 4.39 Å². The molecule has 108 valence electrons. The van der Waals surface area contributed by atoms with Gasteiger partial charge in [0.25, 0.3) is 0 Å². The third kappa shape index (κ3) is 5.02. The van der Waals surface area contributed by atoms with Gasteiger partial charge in [-0.25, -0.2) is 4.39 Å². The predicted octanol–water partition coefficient (Wildman–Crippen LogP) is 3.87. The van der Waals surface area contributed by atoms with Crippen molar-refractivity contribution in [3.8, 4) is 23.3 Å². The number of alkyl halides is 1. The fourth-order valence-electron chi connectivity index (χ4n) is 1.66. The highest BCUT2D eigenvalue weighted by Gasteiger charge is 2.04. The van der Waals surface area contributed by atoms with E-state index in [1.54, 1.807) is 12.1 Å². The molecule has 0 spiro atoms. The first kappa shape index (κ1) is 15.2. The van der Waals surface area contributed by atoms with Crippen LogP contribution in [-0.2, 0) is 0 Å². The molecule has 0 aliphatic carbocycles. The fraction of sp³-hybridized carbons (Fsp3) is 0.176. The van der Waals surface area contributed by atoms with E-state index in [0.717, 1.165) is 5.75 Å². The van der Waals surface area contributed by atoms with Crippen LogP contribution >= 0.6 is 11.6 Å². The second-order valence-electron chi connectivity index (χ2n) is 4.09. The average molecular weight is 305 g/mol. The van der Waals surface area contributed by atoms with Crippen LogP contribution in [0.3, 0.4) is 0 Å². The largest absolute Gasteiger partial charge is 0.490 e. The Morgan fingerprint density at radius 1 is 1.00 bits per heavy atom. The summed E-state index contributed by atoms with van der Waals surface area (Å²) < 4.78 is 24.5. The lowest BCUT2D eigenvalue weighted by atomic mass is 10.2. The van der Waals surface area contributed by atoms with Crippen molar-refractivity contribution in [1.82, 2.24) is 0 Å². The van der Waals surface area contributed by atoms with Crippen molar-refractivity contribution in [2.45, 2.75) is 0 Å². The van der Waals surface area contributed by atoms with Crippen molar-refractivity contribution >= 4 is 11.6 Å². The third-order valence-electron chi connectivity index (χ3n) is 2.58. The van der Waals surface area contributed by atoms with Crippen molar-refractivity contribution in [2.24, 2.45) is 0 Å². The second kappa shape index (κ2) is 8.18. The van der Waals surface area contributed by atoms with Gasteiger partial charge in [-0.1, -0.05) is 30.0 Å². The van der Waals surface area contributed by atoms with Crippen molar-refractivity contribution in [1.29, 1.82) is 0 Å². The minimum atomic E-state index is -0.425. The number of hydrogen-bond donors (Lipinski definition) is 0. The molecule has 0 radical (unpaired) electrons. The number of para-hydroxylation sites is 1. The molecule has 21 heavy (non-hydrogen) atoms. The van der Waals surface area contributed by atoms with Crippen LogP contribution in [0.5, 0.6) is 11.5 Å². The molecule has 0 fully saturated rings. The van der Waals surface area contributed by atoms with Crippen LogP contribution in [0.15, 0.2) is 48.5 Å². The first-order chi connectivity index (χ1) is 10.3. The van der Waals surface area contributed by atoms with Crippen LogP contribution in [0.25, 0.3) is 0 Å². The van der Waals surface area contributed by atoms with E-state index in [2.05, 4.69) is 11.8 Å². The molecule has 0 aliphatic heterocycles. The number of hydrogen-bond acceptors (Lipinski definition) is 2. The fourth-order valence-corrected chi connectivity index (χ4v) is 1.72. The Hall–Kier alpha value is -2.18. The van der Waals surface area contributed by atoms with Gasteiger partial charge in [-0.05, 0) is 30.3 Å². The van der Waals surface area contributed by atoms with Gasteiger partial charge in [0.1, 0.15) is 19.0 Å². The normalized spacial score (nSPS) is 9.62. The molecule has 0 saturated carbocycles. The predicted molar refractivity (Wildman–Crippen MR) is 81.4 cm³/mol. The average Bonchev–Trinajstić information content (AvgIpc) is 2.53. The Morgan fingerprint density at radius 3 is 2.52 bits per heavy atom. The topological polar surface area (TPSA) is 18.5 Å². The first-order valence-corrected chi connectivity index (χ1v) is 6.98. The molecule has 2 aromatic carbocycles. The Kier molecular flexibility index (Phi) is 5.93. The summed E-state index contributed by atoms with van der Waals surface area (Å²) in [6.07, 6.45) is 0. The van der Waals surface area contributed by atoms with E-state index < -0.39 is 5.82 Å². The lowest BCUT2D eigenvalue weighted by molar-refractivity contribution is 0.211. The van der Waals surface area contributed by atoms with E-state index in [0.29, 0.717) is 12.2 Å². The summed E-state index contributed by atoms with van der Waals surface area (Å²) in [5.41, 5.74) is 0.663. The molecule has 0 bridgehead atoms. The number of ether oxygens (including phenoxy) is 2. The molecule has 0 amide bonds. The molecule has 0 aliphatic rings. The van der Waals surface area contributed by atoms with E-state index in [-0.39, 0.29) is 18.2 Å². The number of halogens is 2. The summed E-state index contributed by atoms with van der Waals surface area (Å²) in [6.45, 7) is 0.583. The molecule has 0 N–H and O–H groups in total. The maximum atomic E-state index is 13.6. The Bertz CT molecular complexity index is 632. The summed E-state index contributed by atoms with van der Waals surface area (Å²) in [4.78, 5) is 0. The van der Waals surface area contributed by atoms with E-state index >= 15 is 0 Å². The van der Waals surface area contributed by atoms with E-state index in [1.807, 2.05) is 30.3 Å². The van der Waals surface area contributed by atoms with Gasteiger partial charge in [0, 0.05) is 5.56 Å². The van der Waals surface area contributed by atoms with E-state index in [1.165, 1.54) is 6.07 Å². The summed E-state index contributed by atoms with van der Waals surface area (Å²) in [5.74, 6) is 6.25. The van der Waals surface area contributed by atoms with Crippen LogP contribution in [-0.4, -0.2) is 19.1 Å². The maximum absolute atomic E-state index is 13.6. The van der Waals surface area contributed by atoms with Gasteiger partial charge in [0.2, 0.25) is 0 Å². The summed E-state index contributed by atoms with van der Waals surface area (Å²) >= 11 is 5.49. The van der Waals surface area contributed by atoms with Gasteiger partial charge in [0.15, 0.2) is 11.6 Å². The zero-order valence-electron chi connectivity index (χ0n) is 11.3. The van der Waals surface area contributed by atoms with Gasteiger partial charge in [0.05, 0.1) is 5.88 Å². The molecule has 0 heterocycles. The first-order valence-electron chi connectivity index (χ1n) is 6.44. The van der Waals surface area contributed by atoms with Crippen molar-refractivity contribution < 1.29 is 13.9 Å². The zero-order chi connectivity index (χ0) is 14.9. The number of benzene rings is 2. The SMILES string of the molecule is Fc1ccc(C#CCCl)cc1OCCOc1ccccc1. The Labute approximate surface area is 128 Å². The van der Waals surface area contributed by atoms with Gasteiger partial charge in [-0.2, -0.15) is 0 Å². The summed E-state index contributed by atoms with van der Waals surface area (Å²) in [7, 11) is 0. The molecular formula is C17H14ClFO2. The Morgan fingerprint density at radius 2 is 1.76 bits per heavy atom. The van der Waals surface area contributed by atoms with Crippen LogP contribution < -0.4 is 9.47 Å². The van der Waals surface area contributed by atoms with Gasteiger partial charge >= 0.3 is 0 Å². The second-order valence-corrected chi connectivity index (χ2v) is 4.36. The molecule has 2 nitrogen and oxygen atoms in total. The van der Waals surface area contributed by atoms with E-state index in [9.17, 15) is 4.39 Å². The molecule has 2 rings (SSSR count). The smallest absolute Gasteiger partial charge is 0.165 e. The third-order valence-corrected chi connectivity index (χ3v) is 2.72. The van der Waals surface area contributed by atoms with Crippen LogP contribution in [0.2, 0.25) is 0 Å². The van der Waals surface area contributed by atoms with Crippen molar-refractivity contribution in [3.05, 3.63) is 59.9 Å². The van der Waals surface area contributed by atoms with Crippen molar-refractivity contribution in [2.75, 3.05) is 19.1 Å². The minimum Gasteiger partial charge on any atom is -0.490 e. The molecule has 0 aromatic heterocycles. The van der Waals surface area contributed by atoms with Crippen molar-refractivity contribution in [3.63, 3.8) is 0 Å². The molecular weight excluding hydrogens is 291 g/mol. The highest BCUT2D eigenvalue weighted by atomic mass is 35.5. The lowest BCUT2D eigenvalue weighted by Gasteiger charge is -2.09. The molecule has 0 saturated heterocycles. The lowest BCUT2D eigenvalue weighted by Crippen LogP contribution is -2.09. The quantitative estimate of drug-likeness (QED) is 0.474. The standard InChI is InChI=1S/C17H14ClFO2/c18-10-4-5-14-8-9-16(19)17(13-14)21-12-11-20-15-6-2-1-3-7-15/h1-3,6-9,13H,10-12H2. The van der Waals surface area contributed by atoms with E-state index in [4.69, 9.17) is 21.1 Å².